The lowest BCUT2D eigenvalue weighted by Gasteiger charge is -2.19. The molecule has 0 aliphatic carbocycles. The Morgan fingerprint density at radius 2 is 0.814 bits per heavy atom. The molecule has 0 spiro atoms. The first-order valence-corrected chi connectivity index (χ1v) is 12.7. The van der Waals surface area contributed by atoms with E-state index in [1.807, 2.05) is 0 Å². The average molecular weight is 573 g/mol. The highest BCUT2D eigenvalue weighted by atomic mass is 16.3. The molecule has 9 rings (SSSR count). The van der Waals surface area contributed by atoms with Crippen molar-refractivity contribution >= 4 is 54.3 Å². The molecule has 0 saturated heterocycles. The molecule has 0 aliphatic rings. The van der Waals surface area contributed by atoms with Crippen molar-refractivity contribution in [3.63, 3.8) is 0 Å². The molecule has 0 N–H and O–H groups in total. The first-order chi connectivity index (χ1) is 32.2. The van der Waals surface area contributed by atoms with Crippen LogP contribution in [-0.2, 0) is 0 Å². The van der Waals surface area contributed by atoms with Gasteiger partial charge in [-0.3, -0.25) is 0 Å². The lowest BCUT2D eigenvalue weighted by Crippen LogP contribution is -1.92. The molecule has 8 aromatic carbocycles. The predicted molar refractivity (Wildman–Crippen MR) is 183 cm³/mol. The van der Waals surface area contributed by atoms with Gasteiger partial charge in [0, 0.05) is 10.8 Å². The van der Waals surface area contributed by atoms with E-state index in [0.29, 0.717) is 0 Å². The van der Waals surface area contributed by atoms with Crippen molar-refractivity contribution in [3.05, 3.63) is 157 Å². The highest BCUT2D eigenvalue weighted by molar-refractivity contribution is 6.24. The second-order valence-corrected chi connectivity index (χ2v) is 9.26. The number of hydrogen-bond donors (Lipinski definition) is 0. The Balaban J connectivity index is 1.66. The summed E-state index contributed by atoms with van der Waals surface area (Å²) in [5, 5.41) is -5.30. The van der Waals surface area contributed by atoms with Crippen LogP contribution >= 0.6 is 0 Å². The summed E-state index contributed by atoms with van der Waals surface area (Å²) < 4.78 is 239. The first-order valence-electron chi connectivity index (χ1n) is 25.7. The van der Waals surface area contributed by atoms with E-state index in [-0.39, 0.29) is 0 Å². The Morgan fingerprint density at radius 3 is 1.49 bits per heavy atom. The molecule has 0 amide bonds. The summed E-state index contributed by atoms with van der Waals surface area (Å²) in [5.74, 6) is 0. The number of para-hydroxylation sites is 1. The van der Waals surface area contributed by atoms with E-state index in [0.717, 1.165) is 0 Å². The van der Waals surface area contributed by atoms with Gasteiger partial charge in [0.25, 0.3) is 0 Å². The molecule has 0 fully saturated rings. The van der Waals surface area contributed by atoms with Gasteiger partial charge < -0.3 is 4.42 Å². The van der Waals surface area contributed by atoms with Crippen molar-refractivity contribution in [1.29, 1.82) is 0 Å². The molecule has 0 bridgehead atoms. The molecular formula is C42H26O. The fourth-order valence-electron chi connectivity index (χ4n) is 5.36. The summed E-state index contributed by atoms with van der Waals surface area (Å²) in [4.78, 5) is 0. The molecule has 0 aliphatic heterocycles. The van der Waals surface area contributed by atoms with Gasteiger partial charge in [-0.15, -0.1) is 0 Å². The first kappa shape index (κ1) is 9.69. The molecule has 43 heavy (non-hydrogen) atoms. The zero-order chi connectivity index (χ0) is 51.0. The van der Waals surface area contributed by atoms with Crippen LogP contribution in [0.2, 0.25) is 0 Å². The van der Waals surface area contributed by atoms with Gasteiger partial charge in [-0.25, -0.2) is 0 Å². The maximum atomic E-state index is 9.85. The normalized spacial score (nSPS) is 20.2. The van der Waals surface area contributed by atoms with E-state index in [1.165, 1.54) is 0 Å². The summed E-state index contributed by atoms with van der Waals surface area (Å²) in [6, 6.07) is -24.2. The fraction of sp³-hybridized carbons (Fsp3) is 0. The summed E-state index contributed by atoms with van der Waals surface area (Å²) in [5.41, 5.74) is -5.49. The molecule has 1 heteroatoms. The van der Waals surface area contributed by atoms with Gasteiger partial charge in [0.1, 0.15) is 11.2 Å². The Hall–Kier alpha value is -5.66. The molecule has 9 aromatic rings. The molecule has 0 unspecified atom stereocenters. The Labute approximate surface area is 285 Å². The van der Waals surface area contributed by atoms with Crippen LogP contribution in [0.15, 0.2) is 162 Å². The molecule has 0 atom stereocenters. The zero-order valence-corrected chi connectivity index (χ0v) is 21.4. The largest absolute Gasteiger partial charge is 0.456 e. The summed E-state index contributed by atoms with van der Waals surface area (Å²) in [6.07, 6.45) is 0. The number of benzene rings is 8. The molecule has 1 heterocycles. The highest BCUT2D eigenvalue weighted by Gasteiger charge is 2.20. The minimum Gasteiger partial charge on any atom is -0.456 e. The minimum absolute atomic E-state index is 0.454. The van der Waals surface area contributed by atoms with Crippen LogP contribution in [0.25, 0.3) is 87.6 Å². The standard InChI is InChI=1S/C42H26O/c1-2-13-27(14-3-1)40-32-17-6-8-19-34(32)41(35-20-9-7-18-33(35)40)36-26-25-30(28-15-4-5-16-29(28)36)31-22-12-24-39-42(31)37-21-10-11-23-38(37)43-39/h1-26H/i1D,2D,3D,4D,5D,6D,7D,8D,9D,10D,11D,12D,13D,14D,15D,16D,17D,18D,19D,20D,21D,22D,23D,24D,25D,26D. The van der Waals surface area contributed by atoms with E-state index >= 15 is 0 Å². The molecular weight excluding hydrogens is 520 g/mol. The average Bonchev–Trinajstić information content (AvgIpc) is 3.73. The fourth-order valence-corrected chi connectivity index (χ4v) is 5.36. The molecule has 1 aromatic heterocycles. The number of rotatable bonds is 3. The lowest BCUT2D eigenvalue weighted by molar-refractivity contribution is 0.669. The van der Waals surface area contributed by atoms with Crippen molar-refractivity contribution < 1.29 is 40.1 Å². The Bertz CT molecular complexity index is 3860. The van der Waals surface area contributed by atoms with Crippen molar-refractivity contribution in [3.8, 4) is 33.4 Å². The van der Waals surface area contributed by atoms with E-state index in [4.69, 9.17) is 27.7 Å². The Kier molecular flexibility index (Phi) is 2.13. The Morgan fingerprint density at radius 1 is 0.326 bits per heavy atom. The third kappa shape index (κ3) is 3.58. The van der Waals surface area contributed by atoms with Crippen molar-refractivity contribution in [2.24, 2.45) is 0 Å². The van der Waals surface area contributed by atoms with Gasteiger partial charge >= 0.3 is 0 Å². The summed E-state index contributed by atoms with van der Waals surface area (Å²) >= 11 is 0. The van der Waals surface area contributed by atoms with Crippen LogP contribution in [0.5, 0.6) is 0 Å². The van der Waals surface area contributed by atoms with Crippen LogP contribution in [0.3, 0.4) is 0 Å². The third-order valence-corrected chi connectivity index (χ3v) is 7.07. The number of furan rings is 1. The molecule has 0 saturated carbocycles. The van der Waals surface area contributed by atoms with Crippen LogP contribution < -0.4 is 0 Å². The SMILES string of the molecule is [2H]c1c([2H])c([2H])c(-c2c3c([2H])c([2H])c([2H])c([2H])c3c(-c3c([2H])c([2H])c(-c4c([2H])c([2H])c([2H])c5oc6c([2H])c([2H])c([2H])c([2H])c6c45)c4c([2H])c([2H])c([2H])c([2H])c34)c3c([2H])c([2H])c([2H])c([2H])c23)c([2H])c1[2H]. The smallest absolute Gasteiger partial charge is 0.136 e. The second-order valence-electron chi connectivity index (χ2n) is 9.26. The second kappa shape index (κ2) is 9.44. The van der Waals surface area contributed by atoms with Crippen molar-refractivity contribution in [1.82, 2.24) is 0 Å². The number of hydrogen-bond acceptors (Lipinski definition) is 1. The molecule has 0 radical (unpaired) electrons. The predicted octanol–water partition coefficient (Wildman–Crippen LogP) is 12.0. The van der Waals surface area contributed by atoms with Crippen LogP contribution in [0, 0.1) is 0 Å². The highest BCUT2D eigenvalue weighted by Crippen LogP contribution is 2.47. The minimum atomic E-state index is -1.08. The zero-order valence-electron chi connectivity index (χ0n) is 47.4. The molecule has 200 valence electrons. The maximum Gasteiger partial charge on any atom is 0.136 e. The van der Waals surface area contributed by atoms with Crippen LogP contribution in [0.4, 0.5) is 0 Å². The van der Waals surface area contributed by atoms with E-state index < -0.39 is 245 Å². The van der Waals surface area contributed by atoms with Crippen LogP contribution in [-0.4, -0.2) is 0 Å². The monoisotopic (exact) mass is 572 g/mol. The van der Waals surface area contributed by atoms with Crippen LogP contribution in [0.1, 0.15) is 35.6 Å². The van der Waals surface area contributed by atoms with Gasteiger partial charge in [0.15, 0.2) is 0 Å². The van der Waals surface area contributed by atoms with Gasteiger partial charge in [-0.1, -0.05) is 145 Å². The quantitative estimate of drug-likeness (QED) is 0.192. The summed E-state index contributed by atoms with van der Waals surface area (Å²) in [6.45, 7) is 0. The van der Waals surface area contributed by atoms with Gasteiger partial charge in [-0.2, -0.15) is 0 Å². The van der Waals surface area contributed by atoms with Gasteiger partial charge in [-0.05, 0) is 77.8 Å². The molecule has 1 nitrogen and oxygen atoms in total. The van der Waals surface area contributed by atoms with Gasteiger partial charge in [0.05, 0.1) is 35.6 Å². The van der Waals surface area contributed by atoms with Crippen molar-refractivity contribution in [2.75, 3.05) is 0 Å². The van der Waals surface area contributed by atoms with Gasteiger partial charge in [0.2, 0.25) is 0 Å². The number of fused-ring (bicyclic) bond motifs is 6. The van der Waals surface area contributed by atoms with Crippen molar-refractivity contribution in [2.45, 2.75) is 0 Å². The van der Waals surface area contributed by atoms with E-state index in [9.17, 15) is 12.3 Å². The van der Waals surface area contributed by atoms with E-state index in [2.05, 4.69) is 0 Å². The van der Waals surface area contributed by atoms with E-state index in [1.54, 1.807) is 0 Å². The maximum absolute atomic E-state index is 9.85. The third-order valence-electron chi connectivity index (χ3n) is 7.07. The summed E-state index contributed by atoms with van der Waals surface area (Å²) in [7, 11) is 0. The lowest BCUT2D eigenvalue weighted by atomic mass is 9.83. The topological polar surface area (TPSA) is 13.1 Å².